The van der Waals surface area contributed by atoms with Gasteiger partial charge in [-0.15, -0.1) is 0 Å². The minimum Gasteiger partial charge on any atom is -0.444 e. The van der Waals surface area contributed by atoms with E-state index in [0.29, 0.717) is 6.42 Å². The molecule has 0 radical (unpaired) electrons. The number of rotatable bonds is 4. The molecule has 1 unspecified atom stereocenters. The number of nitrogens with one attached hydrogen (secondary N) is 1. The van der Waals surface area contributed by atoms with Crippen molar-refractivity contribution in [3.8, 4) is 0 Å². The largest absolute Gasteiger partial charge is 0.444 e. The second-order valence-electron chi connectivity index (χ2n) is 5.09. The van der Waals surface area contributed by atoms with Crippen LogP contribution in [0.25, 0.3) is 0 Å². The third kappa shape index (κ3) is 5.63. The number of carbonyl (C=O) groups excluding carboxylic acids is 1. The van der Waals surface area contributed by atoms with Crippen LogP contribution in [0.1, 0.15) is 26.3 Å². The van der Waals surface area contributed by atoms with Crippen molar-refractivity contribution in [2.75, 3.05) is 6.61 Å². The molecular formula is C13H20N2O3. The fraction of sp³-hybridized carbons (Fsp3) is 0.538. The van der Waals surface area contributed by atoms with Crippen LogP contribution in [0.15, 0.2) is 24.5 Å². The maximum absolute atomic E-state index is 11.6. The van der Waals surface area contributed by atoms with Crippen molar-refractivity contribution in [1.82, 2.24) is 10.3 Å². The van der Waals surface area contributed by atoms with Crippen molar-refractivity contribution >= 4 is 6.09 Å². The van der Waals surface area contributed by atoms with Gasteiger partial charge in [-0.25, -0.2) is 4.79 Å². The van der Waals surface area contributed by atoms with E-state index in [0.717, 1.165) is 5.56 Å². The number of aromatic nitrogens is 1. The Morgan fingerprint density at radius 2 is 2.06 bits per heavy atom. The Hall–Kier alpha value is -1.62. The number of aliphatic hydroxyl groups is 1. The molecule has 1 aromatic heterocycles. The molecule has 18 heavy (non-hydrogen) atoms. The molecule has 0 fully saturated rings. The van der Waals surface area contributed by atoms with E-state index in [1.165, 1.54) is 0 Å². The number of alkyl carbamates (subject to hydrolysis) is 1. The van der Waals surface area contributed by atoms with E-state index in [9.17, 15) is 9.90 Å². The van der Waals surface area contributed by atoms with Gasteiger partial charge in [-0.1, -0.05) is 0 Å². The Morgan fingerprint density at radius 3 is 2.56 bits per heavy atom. The van der Waals surface area contributed by atoms with Crippen LogP contribution in [-0.2, 0) is 11.2 Å². The van der Waals surface area contributed by atoms with Gasteiger partial charge in [0.1, 0.15) is 5.60 Å². The number of aliphatic hydroxyl groups excluding tert-OH is 1. The molecule has 1 heterocycles. The maximum atomic E-state index is 11.6. The molecule has 0 spiro atoms. The van der Waals surface area contributed by atoms with Gasteiger partial charge in [-0.05, 0) is 44.9 Å². The minimum atomic E-state index is -0.541. The summed E-state index contributed by atoms with van der Waals surface area (Å²) in [5, 5.41) is 11.9. The van der Waals surface area contributed by atoms with Gasteiger partial charge >= 0.3 is 6.09 Å². The topological polar surface area (TPSA) is 71.5 Å². The smallest absolute Gasteiger partial charge is 0.407 e. The Bertz CT molecular complexity index is 374. The van der Waals surface area contributed by atoms with Gasteiger partial charge in [0, 0.05) is 12.4 Å². The third-order valence-electron chi connectivity index (χ3n) is 2.17. The summed E-state index contributed by atoms with van der Waals surface area (Å²) in [4.78, 5) is 15.5. The van der Waals surface area contributed by atoms with Crippen LogP contribution >= 0.6 is 0 Å². The fourth-order valence-corrected chi connectivity index (χ4v) is 1.44. The molecule has 1 amide bonds. The van der Waals surface area contributed by atoms with E-state index in [2.05, 4.69) is 10.3 Å². The lowest BCUT2D eigenvalue weighted by Crippen LogP contribution is -2.42. The lowest BCUT2D eigenvalue weighted by Gasteiger charge is -2.22. The first kappa shape index (κ1) is 14.4. The van der Waals surface area contributed by atoms with Gasteiger partial charge in [-0.3, -0.25) is 4.98 Å². The van der Waals surface area contributed by atoms with E-state index < -0.39 is 11.7 Å². The van der Waals surface area contributed by atoms with Gasteiger partial charge in [0.25, 0.3) is 0 Å². The summed E-state index contributed by atoms with van der Waals surface area (Å²) in [6.45, 7) is 5.25. The molecule has 1 aromatic rings. The summed E-state index contributed by atoms with van der Waals surface area (Å²) in [6, 6.07) is 3.33. The Balaban J connectivity index is 2.50. The number of hydrogen-bond donors (Lipinski definition) is 2. The summed E-state index contributed by atoms with van der Waals surface area (Å²) in [5.74, 6) is 0. The zero-order chi connectivity index (χ0) is 13.6. The molecule has 0 aromatic carbocycles. The molecule has 0 aliphatic rings. The number of pyridine rings is 1. The number of hydrogen-bond acceptors (Lipinski definition) is 4. The van der Waals surface area contributed by atoms with Crippen LogP contribution in [0.3, 0.4) is 0 Å². The summed E-state index contributed by atoms with van der Waals surface area (Å²) < 4.78 is 5.13. The standard InChI is InChI=1S/C13H20N2O3/c1-13(2,3)18-12(17)15-11(9-16)8-10-4-6-14-7-5-10/h4-7,11,16H,8-9H2,1-3H3,(H,15,17). The van der Waals surface area contributed by atoms with E-state index in [4.69, 9.17) is 4.74 Å². The first-order valence-corrected chi connectivity index (χ1v) is 5.90. The molecule has 0 aliphatic carbocycles. The summed E-state index contributed by atoms with van der Waals surface area (Å²) >= 11 is 0. The highest BCUT2D eigenvalue weighted by atomic mass is 16.6. The molecule has 1 rings (SSSR count). The number of carbonyl (C=O) groups is 1. The highest BCUT2D eigenvalue weighted by Crippen LogP contribution is 2.08. The highest BCUT2D eigenvalue weighted by molar-refractivity contribution is 5.68. The van der Waals surface area contributed by atoms with E-state index >= 15 is 0 Å². The Labute approximate surface area is 107 Å². The lowest BCUT2D eigenvalue weighted by molar-refractivity contribution is 0.0483. The summed E-state index contributed by atoms with van der Waals surface area (Å²) in [6.07, 6.45) is 3.38. The quantitative estimate of drug-likeness (QED) is 0.852. The predicted molar refractivity (Wildman–Crippen MR) is 68.2 cm³/mol. The molecular weight excluding hydrogens is 232 g/mol. The van der Waals surface area contributed by atoms with Gasteiger partial charge in [0.15, 0.2) is 0 Å². The Kier molecular flexibility index (Phi) is 5.09. The molecule has 100 valence electrons. The second-order valence-corrected chi connectivity index (χ2v) is 5.09. The first-order chi connectivity index (χ1) is 8.40. The summed E-state index contributed by atoms with van der Waals surface area (Å²) in [5.41, 5.74) is 0.459. The van der Waals surface area contributed by atoms with Crippen molar-refractivity contribution in [2.24, 2.45) is 0 Å². The number of nitrogens with zero attached hydrogens (tertiary/aromatic N) is 1. The zero-order valence-electron chi connectivity index (χ0n) is 11.0. The van der Waals surface area contributed by atoms with Crippen molar-refractivity contribution in [3.05, 3.63) is 30.1 Å². The van der Waals surface area contributed by atoms with Crippen LogP contribution in [-0.4, -0.2) is 34.4 Å². The molecule has 5 heteroatoms. The average molecular weight is 252 g/mol. The van der Waals surface area contributed by atoms with Crippen molar-refractivity contribution in [1.29, 1.82) is 0 Å². The van der Waals surface area contributed by atoms with Gasteiger partial charge < -0.3 is 15.2 Å². The summed E-state index contributed by atoms with van der Waals surface area (Å²) in [7, 11) is 0. The average Bonchev–Trinajstić information content (AvgIpc) is 2.27. The van der Waals surface area contributed by atoms with Gasteiger partial charge in [-0.2, -0.15) is 0 Å². The lowest BCUT2D eigenvalue weighted by atomic mass is 10.1. The first-order valence-electron chi connectivity index (χ1n) is 5.90. The van der Waals surface area contributed by atoms with Gasteiger partial charge in [0.2, 0.25) is 0 Å². The minimum absolute atomic E-state index is 0.137. The van der Waals surface area contributed by atoms with Crippen LogP contribution < -0.4 is 5.32 Å². The molecule has 0 aliphatic heterocycles. The highest BCUT2D eigenvalue weighted by Gasteiger charge is 2.19. The predicted octanol–water partition coefficient (Wildman–Crippen LogP) is 1.51. The molecule has 0 bridgehead atoms. The molecule has 2 N–H and O–H groups in total. The molecule has 1 atom stereocenters. The third-order valence-corrected chi connectivity index (χ3v) is 2.17. The second kappa shape index (κ2) is 6.35. The Morgan fingerprint density at radius 1 is 1.44 bits per heavy atom. The van der Waals surface area contributed by atoms with Crippen LogP contribution in [0.2, 0.25) is 0 Å². The number of amides is 1. The van der Waals surface area contributed by atoms with Crippen molar-refractivity contribution < 1.29 is 14.6 Å². The fourth-order valence-electron chi connectivity index (χ4n) is 1.44. The zero-order valence-corrected chi connectivity index (χ0v) is 11.0. The van der Waals surface area contributed by atoms with E-state index in [-0.39, 0.29) is 12.6 Å². The van der Waals surface area contributed by atoms with Crippen molar-refractivity contribution in [2.45, 2.75) is 38.8 Å². The van der Waals surface area contributed by atoms with Crippen molar-refractivity contribution in [3.63, 3.8) is 0 Å². The van der Waals surface area contributed by atoms with Gasteiger partial charge in [0.05, 0.1) is 12.6 Å². The number of ether oxygens (including phenoxy) is 1. The van der Waals surface area contributed by atoms with Crippen LogP contribution in [0.4, 0.5) is 4.79 Å². The van der Waals surface area contributed by atoms with Crippen LogP contribution in [0.5, 0.6) is 0 Å². The normalized spacial score (nSPS) is 12.9. The molecule has 0 saturated heterocycles. The van der Waals surface area contributed by atoms with E-state index in [1.807, 2.05) is 12.1 Å². The molecule has 5 nitrogen and oxygen atoms in total. The maximum Gasteiger partial charge on any atom is 0.407 e. The monoisotopic (exact) mass is 252 g/mol. The molecule has 0 saturated carbocycles. The van der Waals surface area contributed by atoms with Crippen LogP contribution in [0, 0.1) is 0 Å². The SMILES string of the molecule is CC(C)(C)OC(=O)NC(CO)Cc1ccncc1. The van der Waals surface area contributed by atoms with E-state index in [1.54, 1.807) is 33.2 Å².